The van der Waals surface area contributed by atoms with E-state index in [1.54, 1.807) is 0 Å². The monoisotopic (exact) mass is 204 g/mol. The maximum Gasteiger partial charge on any atom is 0.113 e. The first kappa shape index (κ1) is 10.1. The van der Waals surface area contributed by atoms with Gasteiger partial charge in [0, 0.05) is 12.6 Å². The summed E-state index contributed by atoms with van der Waals surface area (Å²) in [6.07, 6.45) is 0. The smallest absolute Gasteiger partial charge is 0.113 e. The van der Waals surface area contributed by atoms with E-state index in [0.717, 1.165) is 17.6 Å². The van der Waals surface area contributed by atoms with Crippen LogP contribution in [0.4, 0.5) is 0 Å². The highest BCUT2D eigenvalue weighted by Crippen LogP contribution is 2.16. The molecule has 0 aliphatic carbocycles. The van der Waals surface area contributed by atoms with Gasteiger partial charge in [0.25, 0.3) is 0 Å². The van der Waals surface area contributed by atoms with Gasteiger partial charge in [0.1, 0.15) is 5.52 Å². The Labute approximate surface area is 89.3 Å². The van der Waals surface area contributed by atoms with Gasteiger partial charge in [-0.1, -0.05) is 11.3 Å². The van der Waals surface area contributed by atoms with Gasteiger partial charge in [-0.05, 0) is 38.6 Å². The van der Waals surface area contributed by atoms with E-state index in [2.05, 4.69) is 47.7 Å². The van der Waals surface area contributed by atoms with Crippen LogP contribution in [0.2, 0.25) is 0 Å². The normalized spacial score (nSPS) is 11.5. The van der Waals surface area contributed by atoms with Gasteiger partial charge >= 0.3 is 0 Å². The molecule has 4 heteroatoms. The number of nitrogens with one attached hydrogen (secondary N) is 1. The fourth-order valence-corrected chi connectivity index (χ4v) is 1.68. The first-order chi connectivity index (χ1) is 7.22. The molecule has 0 aliphatic rings. The lowest BCUT2D eigenvalue weighted by Gasteiger charge is -2.05. The molecule has 0 amide bonds. The molecule has 15 heavy (non-hydrogen) atoms. The third-order valence-electron chi connectivity index (χ3n) is 2.41. The van der Waals surface area contributed by atoms with Crippen molar-refractivity contribution in [1.29, 1.82) is 0 Å². The molecule has 2 rings (SSSR count). The van der Waals surface area contributed by atoms with E-state index in [-0.39, 0.29) is 0 Å². The summed E-state index contributed by atoms with van der Waals surface area (Å²) in [6, 6.07) is 6.63. The van der Waals surface area contributed by atoms with Gasteiger partial charge < -0.3 is 5.32 Å². The minimum atomic E-state index is 0.352. The van der Waals surface area contributed by atoms with Gasteiger partial charge in [-0.25, -0.2) is 4.68 Å². The van der Waals surface area contributed by atoms with Crippen LogP contribution in [0.5, 0.6) is 0 Å². The largest absolute Gasteiger partial charge is 0.316 e. The summed E-state index contributed by atoms with van der Waals surface area (Å²) in [5.41, 5.74) is 3.31. The Balaban J connectivity index is 2.47. The van der Waals surface area contributed by atoms with Crippen molar-refractivity contribution < 1.29 is 0 Å². The third kappa shape index (κ3) is 1.85. The third-order valence-corrected chi connectivity index (χ3v) is 2.41. The van der Waals surface area contributed by atoms with Gasteiger partial charge in [-0.15, -0.1) is 5.10 Å². The Morgan fingerprint density at radius 2 is 2.20 bits per heavy atom. The summed E-state index contributed by atoms with van der Waals surface area (Å²) >= 11 is 0. The molecule has 2 aromatic rings. The zero-order valence-electron chi connectivity index (χ0n) is 9.36. The van der Waals surface area contributed by atoms with Gasteiger partial charge in [0.15, 0.2) is 0 Å². The number of rotatable bonds is 3. The Morgan fingerprint density at radius 1 is 1.40 bits per heavy atom. The number of benzene rings is 1. The molecular formula is C11H16N4. The van der Waals surface area contributed by atoms with Crippen molar-refractivity contribution in [3.8, 4) is 0 Å². The first-order valence-corrected chi connectivity index (χ1v) is 5.21. The zero-order valence-corrected chi connectivity index (χ0v) is 9.36. The highest BCUT2D eigenvalue weighted by atomic mass is 15.4. The number of aromatic nitrogens is 3. The predicted octanol–water partition coefficient (Wildman–Crippen LogP) is 1.73. The molecule has 0 saturated heterocycles. The Bertz CT molecular complexity index is 459. The van der Waals surface area contributed by atoms with Crippen molar-refractivity contribution >= 4 is 11.0 Å². The van der Waals surface area contributed by atoms with Gasteiger partial charge in [0.2, 0.25) is 0 Å². The predicted molar refractivity (Wildman–Crippen MR) is 60.7 cm³/mol. The molecule has 1 heterocycles. The molecule has 0 atom stereocenters. The molecule has 0 aliphatic heterocycles. The van der Waals surface area contributed by atoms with Crippen LogP contribution in [-0.2, 0) is 6.54 Å². The number of hydrogen-bond donors (Lipinski definition) is 1. The zero-order chi connectivity index (χ0) is 10.8. The van der Waals surface area contributed by atoms with E-state index < -0.39 is 0 Å². The van der Waals surface area contributed by atoms with Crippen LogP contribution in [0.15, 0.2) is 18.2 Å². The maximum atomic E-state index is 4.17. The summed E-state index contributed by atoms with van der Waals surface area (Å²) in [5.74, 6) is 0. The molecule has 1 aromatic carbocycles. The van der Waals surface area contributed by atoms with Crippen LogP contribution in [0.25, 0.3) is 11.0 Å². The molecule has 80 valence electrons. The van der Waals surface area contributed by atoms with Crippen molar-refractivity contribution in [2.45, 2.75) is 26.4 Å². The van der Waals surface area contributed by atoms with E-state index >= 15 is 0 Å². The van der Waals surface area contributed by atoms with Gasteiger partial charge in [0.05, 0.1) is 5.52 Å². The van der Waals surface area contributed by atoms with E-state index in [4.69, 9.17) is 0 Å². The summed E-state index contributed by atoms with van der Waals surface area (Å²) < 4.78 is 1.94. The van der Waals surface area contributed by atoms with E-state index in [9.17, 15) is 0 Å². The Hall–Kier alpha value is -1.42. The van der Waals surface area contributed by atoms with Gasteiger partial charge in [-0.2, -0.15) is 0 Å². The van der Waals surface area contributed by atoms with Crippen molar-refractivity contribution in [2.75, 3.05) is 7.05 Å². The van der Waals surface area contributed by atoms with Gasteiger partial charge in [-0.3, -0.25) is 0 Å². The molecule has 0 bridgehead atoms. The van der Waals surface area contributed by atoms with E-state index in [1.165, 1.54) is 5.56 Å². The first-order valence-electron chi connectivity index (χ1n) is 5.21. The lowest BCUT2D eigenvalue weighted by molar-refractivity contribution is 0.530. The van der Waals surface area contributed by atoms with E-state index in [0.29, 0.717) is 6.04 Å². The van der Waals surface area contributed by atoms with Crippen LogP contribution < -0.4 is 5.32 Å². The van der Waals surface area contributed by atoms with Crippen molar-refractivity contribution in [3.63, 3.8) is 0 Å². The van der Waals surface area contributed by atoms with Crippen LogP contribution in [-0.4, -0.2) is 22.0 Å². The summed E-state index contributed by atoms with van der Waals surface area (Å²) in [7, 11) is 1.94. The summed E-state index contributed by atoms with van der Waals surface area (Å²) in [5, 5.41) is 11.4. The van der Waals surface area contributed by atoms with Crippen molar-refractivity contribution in [3.05, 3.63) is 23.8 Å². The van der Waals surface area contributed by atoms with Crippen molar-refractivity contribution in [1.82, 2.24) is 20.3 Å². The minimum absolute atomic E-state index is 0.352. The fraction of sp³-hybridized carbons (Fsp3) is 0.455. The molecule has 0 saturated carbocycles. The Morgan fingerprint density at radius 3 is 2.87 bits per heavy atom. The molecule has 0 spiro atoms. The summed E-state index contributed by atoms with van der Waals surface area (Å²) in [6.45, 7) is 5.08. The van der Waals surface area contributed by atoms with E-state index in [1.807, 2.05) is 11.7 Å². The number of nitrogens with zero attached hydrogens (tertiary/aromatic N) is 3. The van der Waals surface area contributed by atoms with Crippen molar-refractivity contribution in [2.24, 2.45) is 0 Å². The second kappa shape index (κ2) is 3.98. The molecule has 0 fully saturated rings. The highest BCUT2D eigenvalue weighted by Gasteiger charge is 2.07. The molecule has 0 unspecified atom stereocenters. The average molecular weight is 204 g/mol. The molecule has 4 nitrogen and oxygen atoms in total. The maximum absolute atomic E-state index is 4.17. The Kier molecular flexibility index (Phi) is 2.68. The lowest BCUT2D eigenvalue weighted by atomic mass is 10.2. The standard InChI is InChI=1S/C11H16N4/c1-8(2)15-11-5-4-9(7-12-3)6-10(11)13-14-15/h4-6,8,12H,7H2,1-3H3. The minimum Gasteiger partial charge on any atom is -0.316 e. The molecular weight excluding hydrogens is 188 g/mol. The van der Waals surface area contributed by atoms with Crippen LogP contribution in [0.3, 0.4) is 0 Å². The second-order valence-electron chi connectivity index (χ2n) is 3.98. The fourth-order valence-electron chi connectivity index (χ4n) is 1.68. The SMILES string of the molecule is CNCc1ccc2c(c1)nnn2C(C)C. The number of hydrogen-bond acceptors (Lipinski definition) is 3. The van der Waals surface area contributed by atoms with Crippen LogP contribution in [0, 0.1) is 0 Å². The molecule has 1 N–H and O–H groups in total. The van der Waals surface area contributed by atoms with Crippen LogP contribution in [0.1, 0.15) is 25.5 Å². The van der Waals surface area contributed by atoms with Crippen LogP contribution >= 0.6 is 0 Å². The molecule has 1 aromatic heterocycles. The second-order valence-corrected chi connectivity index (χ2v) is 3.98. The number of fused-ring (bicyclic) bond motifs is 1. The quantitative estimate of drug-likeness (QED) is 0.828. The topological polar surface area (TPSA) is 42.7 Å². The molecule has 0 radical (unpaired) electrons. The lowest BCUT2D eigenvalue weighted by Crippen LogP contribution is -2.05. The highest BCUT2D eigenvalue weighted by molar-refractivity contribution is 5.75. The average Bonchev–Trinajstić information content (AvgIpc) is 2.61. The summed E-state index contributed by atoms with van der Waals surface area (Å²) in [4.78, 5) is 0.